The topological polar surface area (TPSA) is 57.6 Å². The average Bonchev–Trinajstić information content (AvgIpc) is 2.98. The minimum absolute atomic E-state index is 0.130. The third-order valence-electron chi connectivity index (χ3n) is 2.75. The summed E-state index contributed by atoms with van der Waals surface area (Å²) >= 11 is 2.86. The molecule has 0 aliphatic carbocycles. The first kappa shape index (κ1) is 14.7. The van der Waals surface area contributed by atoms with E-state index in [1.165, 1.54) is 15.6 Å². The van der Waals surface area contributed by atoms with Crippen LogP contribution in [0, 0.1) is 6.92 Å². The maximum atomic E-state index is 12.5. The molecule has 1 N–H and O–H groups in total. The fraction of sp³-hybridized carbons (Fsp3) is 0.333. The van der Waals surface area contributed by atoms with Gasteiger partial charge < -0.3 is 5.11 Å². The minimum atomic E-state index is -3.50. The molecule has 0 aliphatic heterocycles. The van der Waals surface area contributed by atoms with Crippen molar-refractivity contribution >= 4 is 32.7 Å². The van der Waals surface area contributed by atoms with Crippen LogP contribution in [-0.2, 0) is 23.2 Å². The molecule has 104 valence electrons. The van der Waals surface area contributed by atoms with Gasteiger partial charge in [-0.25, -0.2) is 8.42 Å². The molecule has 0 aromatic carbocycles. The number of sulfonamides is 1. The van der Waals surface area contributed by atoms with Crippen molar-refractivity contribution in [3.63, 3.8) is 0 Å². The molecule has 2 rings (SSSR count). The molecule has 2 heterocycles. The van der Waals surface area contributed by atoms with Crippen LogP contribution in [0.1, 0.15) is 15.3 Å². The van der Waals surface area contributed by atoms with Gasteiger partial charge in [0, 0.05) is 23.3 Å². The first-order valence-corrected chi connectivity index (χ1v) is 8.82. The van der Waals surface area contributed by atoms with Crippen molar-refractivity contribution in [2.75, 3.05) is 7.05 Å². The van der Waals surface area contributed by atoms with Crippen molar-refractivity contribution in [2.24, 2.45) is 0 Å². The van der Waals surface area contributed by atoms with Gasteiger partial charge in [0.05, 0.1) is 11.5 Å². The zero-order chi connectivity index (χ0) is 14.0. The second kappa shape index (κ2) is 5.72. The van der Waals surface area contributed by atoms with E-state index in [1.54, 1.807) is 31.4 Å². The van der Waals surface area contributed by atoms with Gasteiger partial charge >= 0.3 is 0 Å². The Morgan fingerprint density at radius 1 is 1.42 bits per heavy atom. The summed E-state index contributed by atoms with van der Waals surface area (Å²) in [7, 11) is -1.93. The molecule has 2 aromatic heterocycles. The number of hydrogen-bond donors (Lipinski definition) is 1. The molecule has 0 aliphatic rings. The van der Waals surface area contributed by atoms with E-state index in [2.05, 4.69) is 0 Å². The lowest BCUT2D eigenvalue weighted by molar-refractivity contribution is 0.285. The number of aliphatic hydroxyl groups is 1. The largest absolute Gasteiger partial charge is 0.391 e. The lowest BCUT2D eigenvalue weighted by Crippen LogP contribution is -2.26. The highest BCUT2D eigenvalue weighted by atomic mass is 32.2. The molecule has 0 amide bonds. The Kier molecular flexibility index (Phi) is 4.42. The van der Waals surface area contributed by atoms with Crippen LogP contribution in [-0.4, -0.2) is 24.9 Å². The summed E-state index contributed by atoms with van der Waals surface area (Å²) < 4.78 is 26.3. The summed E-state index contributed by atoms with van der Waals surface area (Å²) in [4.78, 5) is 1.67. The smallest absolute Gasteiger partial charge is 0.244 e. The van der Waals surface area contributed by atoms with Crippen molar-refractivity contribution in [2.45, 2.75) is 25.0 Å². The highest BCUT2D eigenvalue weighted by Gasteiger charge is 2.25. The first-order chi connectivity index (χ1) is 8.95. The lowest BCUT2D eigenvalue weighted by atomic mass is 10.3. The van der Waals surface area contributed by atoms with Gasteiger partial charge in [0.1, 0.15) is 0 Å². The normalized spacial score (nSPS) is 12.2. The average molecular weight is 317 g/mol. The molecule has 0 radical (unpaired) electrons. The zero-order valence-electron chi connectivity index (χ0n) is 10.7. The second-order valence-electron chi connectivity index (χ2n) is 4.18. The predicted octanol–water partition coefficient (Wildman–Crippen LogP) is 2.43. The molecule has 4 nitrogen and oxygen atoms in total. The van der Waals surface area contributed by atoms with E-state index < -0.39 is 10.0 Å². The molecule has 0 spiro atoms. The van der Waals surface area contributed by atoms with Gasteiger partial charge in [0.15, 0.2) is 0 Å². The van der Waals surface area contributed by atoms with Gasteiger partial charge in [-0.1, -0.05) is 0 Å². The zero-order valence-corrected chi connectivity index (χ0v) is 13.1. The molecule has 7 heteroatoms. The van der Waals surface area contributed by atoms with Crippen molar-refractivity contribution < 1.29 is 13.5 Å². The summed E-state index contributed by atoms with van der Waals surface area (Å²) in [5.74, 6) is 0. The van der Waals surface area contributed by atoms with Crippen LogP contribution >= 0.6 is 22.7 Å². The maximum Gasteiger partial charge on any atom is 0.244 e. The van der Waals surface area contributed by atoms with Crippen molar-refractivity contribution in [3.05, 3.63) is 38.2 Å². The Labute approximate surface area is 121 Å². The summed E-state index contributed by atoms with van der Waals surface area (Å²) in [6.07, 6.45) is 0. The van der Waals surface area contributed by atoms with E-state index in [0.717, 1.165) is 5.56 Å². The number of aryl methyl sites for hydroxylation is 1. The van der Waals surface area contributed by atoms with Crippen LogP contribution in [0.5, 0.6) is 0 Å². The van der Waals surface area contributed by atoms with Crippen molar-refractivity contribution in [3.8, 4) is 0 Å². The van der Waals surface area contributed by atoms with Crippen LogP contribution in [0.4, 0.5) is 0 Å². The SMILES string of the molecule is Cc1sc(CO)cc1S(=O)(=O)N(C)Cc1ccsc1. The van der Waals surface area contributed by atoms with Crippen LogP contribution < -0.4 is 0 Å². The molecule has 0 unspecified atom stereocenters. The number of rotatable bonds is 5. The fourth-order valence-electron chi connectivity index (χ4n) is 1.75. The van der Waals surface area contributed by atoms with Crippen LogP contribution in [0.3, 0.4) is 0 Å². The van der Waals surface area contributed by atoms with Gasteiger partial charge in [-0.2, -0.15) is 15.6 Å². The number of aliphatic hydroxyl groups excluding tert-OH is 1. The molecule has 0 saturated heterocycles. The third-order valence-corrected chi connectivity index (χ3v) is 6.58. The number of hydrogen-bond acceptors (Lipinski definition) is 5. The molecular weight excluding hydrogens is 302 g/mol. The van der Waals surface area contributed by atoms with Gasteiger partial charge in [0.25, 0.3) is 0 Å². The van der Waals surface area contributed by atoms with Crippen LogP contribution in [0.2, 0.25) is 0 Å². The van der Waals surface area contributed by atoms with E-state index in [1.807, 2.05) is 16.8 Å². The van der Waals surface area contributed by atoms with E-state index in [9.17, 15) is 8.42 Å². The van der Waals surface area contributed by atoms with Crippen LogP contribution in [0.15, 0.2) is 27.8 Å². The van der Waals surface area contributed by atoms with Gasteiger partial charge in [-0.3, -0.25) is 0 Å². The molecule has 19 heavy (non-hydrogen) atoms. The van der Waals surface area contributed by atoms with Gasteiger partial charge in [0.2, 0.25) is 10.0 Å². The van der Waals surface area contributed by atoms with E-state index in [4.69, 9.17) is 5.11 Å². The fourth-order valence-corrected chi connectivity index (χ4v) is 5.03. The summed E-state index contributed by atoms with van der Waals surface area (Å²) in [6.45, 7) is 1.99. The molecule has 0 saturated carbocycles. The van der Waals surface area contributed by atoms with E-state index in [-0.39, 0.29) is 6.61 Å². The number of thiophene rings is 2. The molecule has 2 aromatic rings. The third kappa shape index (κ3) is 3.06. The number of nitrogens with zero attached hydrogens (tertiary/aromatic N) is 1. The standard InChI is InChI=1S/C12H15NO3S3/c1-9-12(5-11(7-14)18-9)19(15,16)13(2)6-10-3-4-17-8-10/h3-5,8,14H,6-7H2,1-2H3. The van der Waals surface area contributed by atoms with E-state index >= 15 is 0 Å². The summed E-state index contributed by atoms with van der Waals surface area (Å²) in [5.41, 5.74) is 0.978. The van der Waals surface area contributed by atoms with Crippen molar-refractivity contribution in [1.29, 1.82) is 0 Å². The van der Waals surface area contributed by atoms with Gasteiger partial charge in [-0.05, 0) is 35.4 Å². The van der Waals surface area contributed by atoms with Crippen molar-refractivity contribution in [1.82, 2.24) is 4.31 Å². The Hall–Kier alpha value is -0.730. The Balaban J connectivity index is 2.28. The van der Waals surface area contributed by atoms with Crippen LogP contribution in [0.25, 0.3) is 0 Å². The summed E-state index contributed by atoms with van der Waals surface area (Å²) in [5, 5.41) is 13.0. The first-order valence-electron chi connectivity index (χ1n) is 5.62. The summed E-state index contributed by atoms with van der Waals surface area (Å²) in [6, 6.07) is 3.47. The monoisotopic (exact) mass is 317 g/mol. The second-order valence-corrected chi connectivity index (χ2v) is 8.32. The van der Waals surface area contributed by atoms with Gasteiger partial charge in [-0.15, -0.1) is 11.3 Å². The minimum Gasteiger partial charge on any atom is -0.391 e. The molecule has 0 atom stereocenters. The molecule has 0 fully saturated rings. The highest BCUT2D eigenvalue weighted by molar-refractivity contribution is 7.89. The quantitative estimate of drug-likeness (QED) is 0.921. The highest BCUT2D eigenvalue weighted by Crippen LogP contribution is 2.28. The Morgan fingerprint density at radius 2 is 2.16 bits per heavy atom. The molecule has 0 bridgehead atoms. The lowest BCUT2D eigenvalue weighted by Gasteiger charge is -2.16. The molecular formula is C12H15NO3S3. The predicted molar refractivity (Wildman–Crippen MR) is 78.0 cm³/mol. The Morgan fingerprint density at radius 3 is 2.68 bits per heavy atom. The Bertz CT molecular complexity index is 644. The van der Waals surface area contributed by atoms with E-state index in [0.29, 0.717) is 21.2 Å². The maximum absolute atomic E-state index is 12.5.